The molecule has 12 heavy (non-hydrogen) atoms. The van der Waals surface area contributed by atoms with Gasteiger partial charge in [-0.05, 0) is 31.5 Å². The van der Waals surface area contributed by atoms with E-state index in [1.165, 1.54) is 26.1 Å². The normalized spacial score (nSPS) is 11.7. The molecule has 0 fully saturated rings. The SMILES string of the molecule is CC(C)(F)c1ccnc(CF)c1. The van der Waals surface area contributed by atoms with Crippen molar-refractivity contribution in [2.75, 3.05) is 0 Å². The summed E-state index contributed by atoms with van der Waals surface area (Å²) in [6.45, 7) is 2.22. The summed E-state index contributed by atoms with van der Waals surface area (Å²) >= 11 is 0. The zero-order chi connectivity index (χ0) is 9.19. The van der Waals surface area contributed by atoms with Gasteiger partial charge in [0.25, 0.3) is 0 Å². The predicted molar refractivity (Wildman–Crippen MR) is 43.2 cm³/mol. The van der Waals surface area contributed by atoms with Crippen LogP contribution in [0, 0.1) is 0 Å². The van der Waals surface area contributed by atoms with Gasteiger partial charge in [-0.3, -0.25) is 4.98 Å². The lowest BCUT2D eigenvalue weighted by atomic mass is 10.0. The molecule has 1 heterocycles. The molecule has 0 aliphatic heterocycles. The Balaban J connectivity index is 3.02. The highest BCUT2D eigenvalue weighted by atomic mass is 19.1. The molecule has 0 aromatic carbocycles. The van der Waals surface area contributed by atoms with Crippen LogP contribution in [-0.4, -0.2) is 4.98 Å². The second-order valence-electron chi connectivity index (χ2n) is 3.14. The summed E-state index contributed by atoms with van der Waals surface area (Å²) in [5.41, 5.74) is -0.685. The lowest BCUT2D eigenvalue weighted by molar-refractivity contribution is 0.221. The Morgan fingerprint density at radius 2 is 2.17 bits per heavy atom. The Morgan fingerprint density at radius 3 is 2.67 bits per heavy atom. The van der Waals surface area contributed by atoms with Crippen LogP contribution in [0.3, 0.4) is 0 Å². The van der Waals surface area contributed by atoms with Crippen LogP contribution in [-0.2, 0) is 12.3 Å². The Labute approximate surface area is 70.4 Å². The van der Waals surface area contributed by atoms with E-state index in [4.69, 9.17) is 0 Å². The molecule has 0 aliphatic carbocycles. The Kier molecular flexibility index (Phi) is 2.40. The first kappa shape index (κ1) is 9.10. The average Bonchev–Trinajstić information content (AvgIpc) is 2.03. The topological polar surface area (TPSA) is 12.9 Å². The number of rotatable bonds is 2. The van der Waals surface area contributed by atoms with Crippen LogP contribution in [0.5, 0.6) is 0 Å². The Morgan fingerprint density at radius 1 is 1.50 bits per heavy atom. The van der Waals surface area contributed by atoms with Crippen molar-refractivity contribution in [3.63, 3.8) is 0 Å². The maximum absolute atomic E-state index is 13.3. The molecule has 0 spiro atoms. The van der Waals surface area contributed by atoms with E-state index in [9.17, 15) is 8.78 Å². The summed E-state index contributed by atoms with van der Waals surface area (Å²) in [6, 6.07) is 3.00. The highest BCUT2D eigenvalue weighted by Gasteiger charge is 2.18. The molecule has 0 amide bonds. The first-order valence-corrected chi connectivity index (χ1v) is 3.74. The van der Waals surface area contributed by atoms with E-state index in [0.29, 0.717) is 5.56 Å². The summed E-state index contributed by atoms with van der Waals surface area (Å²) < 4.78 is 25.4. The van der Waals surface area contributed by atoms with Crippen molar-refractivity contribution in [3.8, 4) is 0 Å². The van der Waals surface area contributed by atoms with E-state index in [2.05, 4.69) is 4.98 Å². The van der Waals surface area contributed by atoms with Crippen molar-refractivity contribution < 1.29 is 8.78 Å². The van der Waals surface area contributed by atoms with Gasteiger partial charge in [-0.1, -0.05) is 0 Å². The van der Waals surface area contributed by atoms with E-state index in [0.717, 1.165) is 0 Å². The van der Waals surface area contributed by atoms with Crippen molar-refractivity contribution in [3.05, 3.63) is 29.6 Å². The van der Waals surface area contributed by atoms with Crippen LogP contribution in [0.15, 0.2) is 18.3 Å². The first-order valence-electron chi connectivity index (χ1n) is 3.74. The molecule has 1 aromatic heterocycles. The number of nitrogens with zero attached hydrogens (tertiary/aromatic N) is 1. The van der Waals surface area contributed by atoms with Gasteiger partial charge in [0.1, 0.15) is 12.3 Å². The van der Waals surface area contributed by atoms with E-state index < -0.39 is 12.3 Å². The number of hydrogen-bond acceptors (Lipinski definition) is 1. The molecule has 3 heteroatoms. The van der Waals surface area contributed by atoms with Crippen LogP contribution in [0.1, 0.15) is 25.1 Å². The minimum absolute atomic E-state index is 0.276. The van der Waals surface area contributed by atoms with Crippen LogP contribution < -0.4 is 0 Å². The van der Waals surface area contributed by atoms with E-state index in [1.54, 1.807) is 6.07 Å². The molecule has 1 nitrogen and oxygen atoms in total. The van der Waals surface area contributed by atoms with Gasteiger partial charge in [-0.15, -0.1) is 0 Å². The molecule has 0 N–H and O–H groups in total. The number of aromatic nitrogens is 1. The average molecular weight is 171 g/mol. The van der Waals surface area contributed by atoms with Crippen LogP contribution in [0.25, 0.3) is 0 Å². The summed E-state index contributed by atoms with van der Waals surface area (Å²) in [5, 5.41) is 0. The monoisotopic (exact) mass is 171 g/mol. The van der Waals surface area contributed by atoms with Gasteiger partial charge in [0, 0.05) is 6.20 Å². The van der Waals surface area contributed by atoms with Gasteiger partial charge >= 0.3 is 0 Å². The van der Waals surface area contributed by atoms with Crippen molar-refractivity contribution in [2.45, 2.75) is 26.2 Å². The Hall–Kier alpha value is -0.990. The summed E-state index contributed by atoms with van der Waals surface area (Å²) in [5.74, 6) is 0. The third-order valence-electron chi connectivity index (χ3n) is 1.64. The minimum Gasteiger partial charge on any atom is -0.258 e. The molecule has 1 aromatic rings. The third-order valence-corrected chi connectivity index (χ3v) is 1.64. The fraction of sp³-hybridized carbons (Fsp3) is 0.444. The Bertz CT molecular complexity index is 265. The molecule has 0 bridgehead atoms. The number of halogens is 2. The van der Waals surface area contributed by atoms with Crippen LogP contribution >= 0.6 is 0 Å². The lowest BCUT2D eigenvalue weighted by Crippen LogP contribution is -2.09. The number of pyridine rings is 1. The zero-order valence-corrected chi connectivity index (χ0v) is 7.14. The van der Waals surface area contributed by atoms with E-state index >= 15 is 0 Å². The maximum Gasteiger partial charge on any atom is 0.131 e. The van der Waals surface area contributed by atoms with Gasteiger partial charge in [0.2, 0.25) is 0 Å². The second-order valence-corrected chi connectivity index (χ2v) is 3.14. The van der Waals surface area contributed by atoms with Crippen LogP contribution in [0.2, 0.25) is 0 Å². The van der Waals surface area contributed by atoms with Gasteiger partial charge in [-0.25, -0.2) is 8.78 Å². The molecule has 0 radical (unpaired) electrons. The third kappa shape index (κ3) is 2.00. The summed E-state index contributed by atoms with van der Waals surface area (Å²) in [7, 11) is 0. The quantitative estimate of drug-likeness (QED) is 0.666. The number of alkyl halides is 2. The molecule has 0 unspecified atom stereocenters. The molecule has 0 aliphatic rings. The molecule has 66 valence electrons. The standard InChI is InChI=1S/C9H11F2N/c1-9(2,11)7-3-4-12-8(5-7)6-10/h3-5H,6H2,1-2H3. The molecular weight excluding hydrogens is 160 g/mol. The zero-order valence-electron chi connectivity index (χ0n) is 7.14. The van der Waals surface area contributed by atoms with Gasteiger partial charge in [-0.2, -0.15) is 0 Å². The minimum atomic E-state index is -1.42. The summed E-state index contributed by atoms with van der Waals surface area (Å²) in [6.07, 6.45) is 1.42. The van der Waals surface area contributed by atoms with Crippen molar-refractivity contribution in [1.82, 2.24) is 4.98 Å². The van der Waals surface area contributed by atoms with Gasteiger partial charge in [0.15, 0.2) is 0 Å². The van der Waals surface area contributed by atoms with Gasteiger partial charge < -0.3 is 0 Å². The second kappa shape index (κ2) is 3.17. The van der Waals surface area contributed by atoms with Crippen LogP contribution in [0.4, 0.5) is 8.78 Å². The smallest absolute Gasteiger partial charge is 0.131 e. The summed E-state index contributed by atoms with van der Waals surface area (Å²) in [4.78, 5) is 3.73. The molecule has 0 saturated carbocycles. The highest BCUT2D eigenvalue weighted by molar-refractivity contribution is 5.21. The van der Waals surface area contributed by atoms with Crippen molar-refractivity contribution >= 4 is 0 Å². The molecule has 0 atom stereocenters. The fourth-order valence-corrected chi connectivity index (χ4v) is 0.921. The highest BCUT2D eigenvalue weighted by Crippen LogP contribution is 2.24. The fourth-order valence-electron chi connectivity index (χ4n) is 0.921. The molecular formula is C9H11F2N. The van der Waals surface area contributed by atoms with Gasteiger partial charge in [0.05, 0.1) is 5.69 Å². The lowest BCUT2D eigenvalue weighted by Gasteiger charge is -2.14. The first-order chi connectivity index (χ1) is 5.54. The molecule has 1 rings (SSSR count). The van der Waals surface area contributed by atoms with E-state index in [1.807, 2.05) is 0 Å². The van der Waals surface area contributed by atoms with Crippen molar-refractivity contribution in [1.29, 1.82) is 0 Å². The van der Waals surface area contributed by atoms with Crippen molar-refractivity contribution in [2.24, 2.45) is 0 Å². The molecule has 0 saturated heterocycles. The maximum atomic E-state index is 13.3. The predicted octanol–water partition coefficient (Wildman–Crippen LogP) is 2.76. The van der Waals surface area contributed by atoms with E-state index in [-0.39, 0.29) is 5.69 Å². The largest absolute Gasteiger partial charge is 0.258 e. The number of hydrogen-bond donors (Lipinski definition) is 0.